The van der Waals surface area contributed by atoms with Crippen LogP contribution in [-0.4, -0.2) is 143 Å². The summed E-state index contributed by atoms with van der Waals surface area (Å²) in [5.41, 5.74) is 2.36. The number of halogens is 1. The van der Waals surface area contributed by atoms with Gasteiger partial charge in [0.15, 0.2) is 0 Å². The van der Waals surface area contributed by atoms with Crippen molar-refractivity contribution in [2.24, 2.45) is 0 Å². The van der Waals surface area contributed by atoms with Gasteiger partial charge >= 0.3 is 0 Å². The fraction of sp³-hybridized carbons (Fsp3) is 0.611. The Hall–Kier alpha value is -3.97. The van der Waals surface area contributed by atoms with Crippen molar-refractivity contribution in [1.82, 2.24) is 44.9 Å². The maximum Gasteiger partial charge on any atom is 0.257 e. The van der Waals surface area contributed by atoms with Gasteiger partial charge in [-0.15, -0.1) is 10.2 Å². The third kappa shape index (κ3) is 12.0. The largest absolute Gasteiger partial charge is 0.487 e. The van der Waals surface area contributed by atoms with Gasteiger partial charge in [0.25, 0.3) is 5.88 Å². The van der Waals surface area contributed by atoms with Crippen LogP contribution in [0.15, 0.2) is 43.1 Å². The van der Waals surface area contributed by atoms with Crippen molar-refractivity contribution in [2.75, 3.05) is 91.6 Å². The summed E-state index contributed by atoms with van der Waals surface area (Å²) < 4.78 is 43.1. The molecule has 18 heteroatoms. The average Bonchev–Trinajstić information content (AvgIpc) is 3.87. The molecular weight excluding hydrogens is 720 g/mol. The molecule has 1 aliphatic carbocycles. The standard InChI is InChI=1S/C36H51ClN10O7/c1-27(24-46-26-40-43-44-46)54-34-21-28(3-8-32(34)37)29-22-38-36(39-23-29)41-33-25-47(31-6-4-30(5-7-31)45-9-11-49-12-10-45)42-35(33)53-20-19-52-18-17-51-16-15-50-14-13-48-2/h3,8,21-23,25-27,30-31H,4-7,9-20,24H2,1-2H3,(H,38,39,41)/t27-,30?,31?/m0/s1. The number of nitrogens with one attached hydrogen (secondary N) is 1. The van der Waals surface area contributed by atoms with Gasteiger partial charge in [0.1, 0.15) is 30.5 Å². The molecule has 6 rings (SSSR count). The molecule has 1 N–H and O–H groups in total. The summed E-state index contributed by atoms with van der Waals surface area (Å²) in [5.74, 6) is 1.44. The second kappa shape index (κ2) is 21.2. The third-order valence-corrected chi connectivity index (χ3v) is 9.58. The molecule has 4 aromatic rings. The number of methoxy groups -OCH3 is 1. The average molecular weight is 771 g/mol. The minimum absolute atomic E-state index is 0.219. The van der Waals surface area contributed by atoms with Gasteiger partial charge in [-0.2, -0.15) is 0 Å². The molecular formula is C36H51ClN10O7. The smallest absolute Gasteiger partial charge is 0.257 e. The first kappa shape index (κ1) is 39.7. The first-order valence-electron chi connectivity index (χ1n) is 18.6. The summed E-state index contributed by atoms with van der Waals surface area (Å²) in [6, 6.07) is 6.44. The van der Waals surface area contributed by atoms with Crippen molar-refractivity contribution < 1.29 is 33.2 Å². The molecule has 0 spiro atoms. The van der Waals surface area contributed by atoms with Crippen molar-refractivity contribution in [3.63, 3.8) is 0 Å². The molecule has 4 heterocycles. The Morgan fingerprint density at radius 1 is 0.889 bits per heavy atom. The highest BCUT2D eigenvalue weighted by molar-refractivity contribution is 6.32. The highest BCUT2D eigenvalue weighted by Crippen LogP contribution is 2.35. The lowest BCUT2D eigenvalue weighted by Gasteiger charge is -2.38. The molecule has 3 aromatic heterocycles. The van der Waals surface area contributed by atoms with E-state index in [-0.39, 0.29) is 12.1 Å². The lowest BCUT2D eigenvalue weighted by atomic mass is 9.90. The van der Waals surface area contributed by atoms with Gasteiger partial charge in [0.05, 0.1) is 83.3 Å². The lowest BCUT2D eigenvalue weighted by Crippen LogP contribution is -2.45. The number of nitrogens with zero attached hydrogens (tertiary/aromatic N) is 9. The van der Waals surface area contributed by atoms with Crippen molar-refractivity contribution >= 4 is 23.2 Å². The van der Waals surface area contributed by atoms with Gasteiger partial charge in [-0.05, 0) is 60.7 Å². The number of hydrogen-bond donors (Lipinski definition) is 1. The number of ether oxygens (including phenoxy) is 7. The minimum Gasteiger partial charge on any atom is -0.487 e. The zero-order valence-corrected chi connectivity index (χ0v) is 31.8. The van der Waals surface area contributed by atoms with Crippen molar-refractivity contribution in [2.45, 2.75) is 57.3 Å². The number of benzene rings is 1. The minimum atomic E-state index is -0.219. The fourth-order valence-electron chi connectivity index (χ4n) is 6.48. The number of tetrazole rings is 1. The molecule has 0 unspecified atom stereocenters. The Morgan fingerprint density at radius 3 is 2.26 bits per heavy atom. The zero-order valence-electron chi connectivity index (χ0n) is 31.1. The van der Waals surface area contributed by atoms with Gasteiger partial charge in [-0.1, -0.05) is 17.7 Å². The summed E-state index contributed by atoms with van der Waals surface area (Å²) in [4.78, 5) is 11.8. The normalized spacial score (nSPS) is 18.4. The molecule has 54 heavy (non-hydrogen) atoms. The predicted molar refractivity (Wildman–Crippen MR) is 199 cm³/mol. The maximum atomic E-state index is 6.48. The molecule has 1 aliphatic heterocycles. The van der Waals surface area contributed by atoms with Gasteiger partial charge < -0.3 is 38.5 Å². The second-order valence-electron chi connectivity index (χ2n) is 13.1. The van der Waals surface area contributed by atoms with Crippen molar-refractivity contribution in [3.8, 4) is 22.8 Å². The van der Waals surface area contributed by atoms with E-state index >= 15 is 0 Å². The number of aromatic nitrogens is 8. The highest BCUT2D eigenvalue weighted by Gasteiger charge is 2.29. The number of anilines is 2. The van der Waals surface area contributed by atoms with Crippen LogP contribution in [0.25, 0.3) is 11.1 Å². The number of morpholine rings is 1. The Balaban J connectivity index is 1.05. The van der Waals surface area contributed by atoms with E-state index in [1.54, 1.807) is 36.6 Å². The maximum absolute atomic E-state index is 6.48. The van der Waals surface area contributed by atoms with Gasteiger partial charge in [0.2, 0.25) is 5.95 Å². The van der Waals surface area contributed by atoms with Gasteiger partial charge in [-0.25, -0.2) is 14.6 Å². The lowest BCUT2D eigenvalue weighted by molar-refractivity contribution is -0.0000652. The van der Waals surface area contributed by atoms with Crippen LogP contribution in [0.5, 0.6) is 11.6 Å². The van der Waals surface area contributed by atoms with Crippen LogP contribution in [0.2, 0.25) is 5.02 Å². The molecule has 294 valence electrons. The molecule has 17 nitrogen and oxygen atoms in total. The van der Waals surface area contributed by atoms with Crippen LogP contribution in [0.3, 0.4) is 0 Å². The third-order valence-electron chi connectivity index (χ3n) is 9.27. The highest BCUT2D eigenvalue weighted by atomic mass is 35.5. The van der Waals surface area contributed by atoms with Crippen LogP contribution in [0, 0.1) is 0 Å². The molecule has 0 bridgehead atoms. The quantitative estimate of drug-likeness (QED) is 0.114. The van der Waals surface area contributed by atoms with E-state index in [9.17, 15) is 0 Å². The summed E-state index contributed by atoms with van der Waals surface area (Å²) in [7, 11) is 1.65. The number of hydrogen-bond acceptors (Lipinski definition) is 15. The summed E-state index contributed by atoms with van der Waals surface area (Å²) in [5, 5.41) is 20.0. The van der Waals surface area contributed by atoms with Crippen LogP contribution in [0.4, 0.5) is 11.6 Å². The van der Waals surface area contributed by atoms with Gasteiger partial charge in [-0.3, -0.25) is 9.58 Å². The van der Waals surface area contributed by atoms with E-state index in [1.165, 1.54) is 0 Å². The topological polar surface area (TPSA) is 167 Å². The van der Waals surface area contributed by atoms with Crippen molar-refractivity contribution in [1.29, 1.82) is 0 Å². The Labute approximate surface area is 320 Å². The van der Waals surface area contributed by atoms with Crippen LogP contribution in [-0.2, 0) is 30.2 Å². The summed E-state index contributed by atoms with van der Waals surface area (Å²) in [6.07, 6.45) is 11.2. The van der Waals surface area contributed by atoms with Crippen LogP contribution < -0.4 is 14.8 Å². The Bertz CT molecular complexity index is 1650. The SMILES string of the molecule is COCCOCCOCCOCCOc1nn(C2CCC(N3CCOCC3)CC2)cc1Nc1ncc(-c2ccc(Cl)c(O[C@@H](C)Cn3cnnn3)c2)cn1. The van der Waals surface area contributed by atoms with E-state index in [1.807, 2.05) is 29.9 Å². The van der Waals surface area contributed by atoms with Gasteiger partial charge in [0, 0.05) is 44.2 Å². The van der Waals surface area contributed by atoms with E-state index < -0.39 is 0 Å². The molecule has 0 amide bonds. The molecule has 1 saturated heterocycles. The predicted octanol–water partition coefficient (Wildman–Crippen LogP) is 4.08. The van der Waals surface area contributed by atoms with E-state index in [0.29, 0.717) is 93.7 Å². The Kier molecular flexibility index (Phi) is 15.6. The molecule has 2 aliphatic rings. The van der Waals surface area contributed by atoms with Crippen molar-refractivity contribution in [3.05, 3.63) is 48.1 Å². The molecule has 1 saturated carbocycles. The van der Waals surface area contributed by atoms with Crippen LogP contribution in [0.1, 0.15) is 38.6 Å². The van der Waals surface area contributed by atoms with Crippen LogP contribution >= 0.6 is 11.6 Å². The monoisotopic (exact) mass is 770 g/mol. The van der Waals surface area contributed by atoms with E-state index in [2.05, 4.69) is 35.7 Å². The molecule has 1 atom stereocenters. The summed E-state index contributed by atoms with van der Waals surface area (Å²) >= 11 is 6.48. The fourth-order valence-corrected chi connectivity index (χ4v) is 6.65. The molecule has 0 radical (unpaired) electrons. The molecule has 1 aromatic carbocycles. The van der Waals surface area contributed by atoms with E-state index in [0.717, 1.165) is 63.1 Å². The second-order valence-corrected chi connectivity index (χ2v) is 13.6. The zero-order chi connectivity index (χ0) is 37.4. The molecule has 2 fully saturated rings. The first-order valence-corrected chi connectivity index (χ1v) is 19.0. The number of rotatable bonds is 22. The Morgan fingerprint density at radius 2 is 1.57 bits per heavy atom. The first-order chi connectivity index (χ1) is 26.6. The van der Waals surface area contributed by atoms with E-state index in [4.69, 9.17) is 49.9 Å². The summed E-state index contributed by atoms with van der Waals surface area (Å²) in [6.45, 7) is 9.84.